The van der Waals surface area contributed by atoms with Crippen LogP contribution in [0.3, 0.4) is 0 Å². The Bertz CT molecular complexity index is 241. The first-order valence-corrected chi connectivity index (χ1v) is 6.73. The average Bonchev–Trinajstić information content (AvgIpc) is 2.72. The molecule has 100 valence electrons. The second kappa shape index (κ2) is 6.97. The van der Waals surface area contributed by atoms with Gasteiger partial charge in [-0.15, -0.1) is 0 Å². The molecule has 0 aliphatic carbocycles. The maximum atomic E-state index is 11.5. The van der Waals surface area contributed by atoms with E-state index in [-0.39, 0.29) is 5.91 Å². The molecule has 1 unspecified atom stereocenters. The first kappa shape index (κ1) is 14.5. The highest BCUT2D eigenvalue weighted by Gasteiger charge is 2.24. The first-order chi connectivity index (χ1) is 7.99. The third-order valence-corrected chi connectivity index (χ3v) is 3.31. The van der Waals surface area contributed by atoms with Gasteiger partial charge in [-0.05, 0) is 32.7 Å². The lowest BCUT2D eigenvalue weighted by Gasteiger charge is -2.20. The zero-order chi connectivity index (χ0) is 12.8. The molecule has 0 saturated carbocycles. The van der Waals surface area contributed by atoms with E-state index >= 15 is 0 Å². The number of nitrogens with zero attached hydrogens (tertiary/aromatic N) is 1. The molecule has 1 atom stereocenters. The second-order valence-corrected chi connectivity index (χ2v) is 5.58. The number of hydrogen-bond acceptors (Lipinski definition) is 3. The lowest BCUT2D eigenvalue weighted by atomic mass is 10.1. The zero-order valence-electron chi connectivity index (χ0n) is 11.6. The summed E-state index contributed by atoms with van der Waals surface area (Å²) < 4.78 is 0. The smallest absolute Gasteiger partial charge is 0.233 e. The normalized spacial score (nSPS) is 21.4. The van der Waals surface area contributed by atoms with E-state index in [0.717, 1.165) is 13.1 Å². The monoisotopic (exact) mass is 241 g/mol. The van der Waals surface area contributed by atoms with Gasteiger partial charge in [-0.1, -0.05) is 13.8 Å². The summed E-state index contributed by atoms with van der Waals surface area (Å²) in [4.78, 5) is 14.0. The Balaban J connectivity index is 2.13. The van der Waals surface area contributed by atoms with Crippen molar-refractivity contribution >= 4 is 5.91 Å². The van der Waals surface area contributed by atoms with Crippen molar-refractivity contribution in [2.24, 2.45) is 5.92 Å². The minimum Gasteiger partial charge on any atom is -0.355 e. The van der Waals surface area contributed by atoms with Crippen molar-refractivity contribution in [3.8, 4) is 0 Å². The topological polar surface area (TPSA) is 44.4 Å². The van der Waals surface area contributed by atoms with E-state index in [1.54, 1.807) is 0 Å². The lowest BCUT2D eigenvalue weighted by molar-refractivity contribution is -0.120. The van der Waals surface area contributed by atoms with Crippen molar-refractivity contribution in [1.82, 2.24) is 15.5 Å². The Kier molecular flexibility index (Phi) is 5.92. The number of likely N-dealkylation sites (tertiary alicyclic amines) is 1. The molecule has 17 heavy (non-hydrogen) atoms. The van der Waals surface area contributed by atoms with Gasteiger partial charge in [0.25, 0.3) is 0 Å². The molecule has 0 aromatic carbocycles. The molecule has 1 saturated heterocycles. The highest BCUT2D eigenvalue weighted by molar-refractivity contribution is 5.77. The summed E-state index contributed by atoms with van der Waals surface area (Å²) in [6.45, 7) is 12.1. The van der Waals surface area contributed by atoms with E-state index in [1.165, 1.54) is 13.0 Å². The molecule has 1 amide bonds. The van der Waals surface area contributed by atoms with Gasteiger partial charge in [0, 0.05) is 25.2 Å². The largest absolute Gasteiger partial charge is 0.355 e. The minimum absolute atomic E-state index is 0.113. The van der Waals surface area contributed by atoms with Crippen molar-refractivity contribution in [1.29, 1.82) is 0 Å². The molecular formula is C13H27N3O. The van der Waals surface area contributed by atoms with Crippen LogP contribution in [0.4, 0.5) is 0 Å². The number of carbonyl (C=O) groups excluding carboxylic acids is 1. The van der Waals surface area contributed by atoms with Crippen molar-refractivity contribution in [2.75, 3.05) is 26.2 Å². The van der Waals surface area contributed by atoms with E-state index in [9.17, 15) is 4.79 Å². The Labute approximate surface area is 105 Å². The molecular weight excluding hydrogens is 214 g/mol. The van der Waals surface area contributed by atoms with Crippen LogP contribution < -0.4 is 10.6 Å². The fourth-order valence-corrected chi connectivity index (χ4v) is 2.12. The molecule has 0 radical (unpaired) electrons. The summed E-state index contributed by atoms with van der Waals surface area (Å²) in [5.41, 5.74) is 0. The number of carbonyl (C=O) groups is 1. The average molecular weight is 241 g/mol. The molecule has 1 fully saturated rings. The van der Waals surface area contributed by atoms with Crippen LogP contribution in [-0.2, 0) is 4.79 Å². The van der Waals surface area contributed by atoms with E-state index in [4.69, 9.17) is 0 Å². The molecule has 2 N–H and O–H groups in total. The number of amides is 1. The van der Waals surface area contributed by atoms with E-state index < -0.39 is 0 Å². The highest BCUT2D eigenvalue weighted by atomic mass is 16.1. The van der Waals surface area contributed by atoms with E-state index in [1.807, 2.05) is 13.8 Å². The molecule has 1 aliphatic rings. The molecule has 0 aromatic rings. The Morgan fingerprint density at radius 3 is 2.59 bits per heavy atom. The lowest BCUT2D eigenvalue weighted by Crippen LogP contribution is -2.39. The predicted molar refractivity (Wildman–Crippen MR) is 71.0 cm³/mol. The van der Waals surface area contributed by atoms with Gasteiger partial charge in [-0.3, -0.25) is 4.79 Å². The maximum Gasteiger partial charge on any atom is 0.233 e. The van der Waals surface area contributed by atoms with Crippen LogP contribution in [0.1, 0.15) is 34.1 Å². The third kappa shape index (κ3) is 5.50. The van der Waals surface area contributed by atoms with Crippen molar-refractivity contribution < 1.29 is 4.79 Å². The maximum absolute atomic E-state index is 11.5. The van der Waals surface area contributed by atoms with Crippen molar-refractivity contribution in [3.05, 3.63) is 0 Å². The molecule has 0 aromatic heterocycles. The van der Waals surface area contributed by atoms with Gasteiger partial charge in [-0.25, -0.2) is 0 Å². The Morgan fingerprint density at radius 1 is 1.35 bits per heavy atom. The van der Waals surface area contributed by atoms with Crippen LogP contribution in [0, 0.1) is 5.92 Å². The van der Waals surface area contributed by atoms with E-state index in [0.29, 0.717) is 24.5 Å². The molecule has 1 rings (SSSR count). The molecule has 1 heterocycles. The summed E-state index contributed by atoms with van der Waals surface area (Å²) >= 11 is 0. The third-order valence-electron chi connectivity index (χ3n) is 3.31. The van der Waals surface area contributed by atoms with Crippen LogP contribution in [-0.4, -0.2) is 49.1 Å². The molecule has 1 aliphatic heterocycles. The minimum atomic E-state index is 0.113. The van der Waals surface area contributed by atoms with Crippen LogP contribution in [0.25, 0.3) is 0 Å². The highest BCUT2D eigenvalue weighted by Crippen LogP contribution is 2.17. The summed E-state index contributed by atoms with van der Waals surface area (Å²) in [6, 6.07) is 0.988. The summed E-state index contributed by atoms with van der Waals surface area (Å²) in [5, 5.41) is 6.14. The zero-order valence-corrected chi connectivity index (χ0v) is 11.6. The van der Waals surface area contributed by atoms with Crippen LogP contribution in [0.2, 0.25) is 0 Å². The van der Waals surface area contributed by atoms with Crippen molar-refractivity contribution in [2.45, 2.75) is 46.2 Å². The van der Waals surface area contributed by atoms with Gasteiger partial charge in [0.15, 0.2) is 0 Å². The fourth-order valence-electron chi connectivity index (χ4n) is 2.12. The number of rotatable bonds is 6. The summed E-state index contributed by atoms with van der Waals surface area (Å²) in [5.74, 6) is 0.738. The van der Waals surface area contributed by atoms with Gasteiger partial charge in [0.2, 0.25) is 5.91 Å². The quantitative estimate of drug-likeness (QED) is 0.724. The predicted octanol–water partition coefficient (Wildman–Crippen LogP) is 0.831. The summed E-state index contributed by atoms with van der Waals surface area (Å²) in [6.07, 6.45) is 1.20. The van der Waals surface area contributed by atoms with Gasteiger partial charge >= 0.3 is 0 Å². The molecule has 0 spiro atoms. The summed E-state index contributed by atoms with van der Waals surface area (Å²) in [7, 11) is 0. The van der Waals surface area contributed by atoms with Gasteiger partial charge < -0.3 is 15.5 Å². The second-order valence-electron chi connectivity index (χ2n) is 5.58. The number of nitrogens with one attached hydrogen (secondary N) is 2. The Hall–Kier alpha value is -0.610. The number of hydrogen-bond donors (Lipinski definition) is 2. The molecule has 0 bridgehead atoms. The van der Waals surface area contributed by atoms with Gasteiger partial charge in [-0.2, -0.15) is 0 Å². The first-order valence-electron chi connectivity index (χ1n) is 6.73. The van der Waals surface area contributed by atoms with Gasteiger partial charge in [0.05, 0.1) is 6.54 Å². The molecule has 4 heteroatoms. The van der Waals surface area contributed by atoms with E-state index in [2.05, 4.69) is 29.4 Å². The van der Waals surface area contributed by atoms with Gasteiger partial charge in [0.1, 0.15) is 0 Å². The standard InChI is InChI=1S/C13H27N3O/c1-10(2)14-8-13(17)15-7-12-5-6-16(9-12)11(3)4/h10-12,14H,5-9H2,1-4H3,(H,15,17). The fraction of sp³-hybridized carbons (Fsp3) is 0.923. The van der Waals surface area contributed by atoms with Crippen molar-refractivity contribution in [3.63, 3.8) is 0 Å². The molecule has 4 nitrogen and oxygen atoms in total. The Morgan fingerprint density at radius 2 is 2.06 bits per heavy atom. The van der Waals surface area contributed by atoms with Crippen LogP contribution in [0.5, 0.6) is 0 Å². The van der Waals surface area contributed by atoms with Crippen LogP contribution in [0.15, 0.2) is 0 Å². The SMILES string of the molecule is CC(C)NCC(=O)NCC1CCN(C(C)C)C1. The van der Waals surface area contributed by atoms with Crippen LogP contribution >= 0.6 is 0 Å².